The molecule has 2 aromatic carbocycles. The SMILES string of the molecule is CS(=O)(=O)c1cc(Cl)cc(-c2ccc(Cl)cc2)c1Cl. The third-order valence-corrected chi connectivity index (χ3v) is 4.67. The van der Waals surface area contributed by atoms with Crippen molar-refractivity contribution in [2.75, 3.05) is 6.26 Å². The van der Waals surface area contributed by atoms with Crippen molar-refractivity contribution in [1.29, 1.82) is 0 Å². The lowest BCUT2D eigenvalue weighted by atomic mass is 10.1. The van der Waals surface area contributed by atoms with E-state index in [1.807, 2.05) is 0 Å². The van der Waals surface area contributed by atoms with Gasteiger partial charge in [-0.3, -0.25) is 0 Å². The molecule has 0 aliphatic rings. The molecule has 19 heavy (non-hydrogen) atoms. The van der Waals surface area contributed by atoms with Gasteiger partial charge in [-0.2, -0.15) is 0 Å². The molecule has 0 aliphatic heterocycles. The van der Waals surface area contributed by atoms with Gasteiger partial charge >= 0.3 is 0 Å². The van der Waals surface area contributed by atoms with Crippen molar-refractivity contribution in [3.05, 3.63) is 51.5 Å². The fourth-order valence-electron chi connectivity index (χ4n) is 1.67. The molecular formula is C13H9Cl3O2S. The Morgan fingerprint density at radius 1 is 0.895 bits per heavy atom. The van der Waals surface area contributed by atoms with Crippen LogP contribution in [0.5, 0.6) is 0 Å². The molecule has 0 spiro atoms. The zero-order valence-corrected chi connectivity index (χ0v) is 12.9. The molecule has 0 saturated carbocycles. The first-order valence-corrected chi connectivity index (χ1v) is 8.26. The molecule has 2 aromatic rings. The Bertz CT molecular complexity index is 722. The van der Waals surface area contributed by atoms with Gasteiger partial charge in [0.2, 0.25) is 0 Å². The number of sulfone groups is 1. The lowest BCUT2D eigenvalue weighted by Crippen LogP contribution is -1.99. The van der Waals surface area contributed by atoms with Crippen molar-refractivity contribution in [3.63, 3.8) is 0 Å². The van der Waals surface area contributed by atoms with Crippen LogP contribution in [0.25, 0.3) is 11.1 Å². The van der Waals surface area contributed by atoms with Gasteiger partial charge in [0.25, 0.3) is 0 Å². The molecule has 0 N–H and O–H groups in total. The van der Waals surface area contributed by atoms with Crippen LogP contribution in [0, 0.1) is 0 Å². The second kappa shape index (κ2) is 5.33. The van der Waals surface area contributed by atoms with E-state index in [0.29, 0.717) is 15.6 Å². The Morgan fingerprint density at radius 3 is 2.00 bits per heavy atom. The van der Waals surface area contributed by atoms with Gasteiger partial charge < -0.3 is 0 Å². The first kappa shape index (κ1) is 14.7. The van der Waals surface area contributed by atoms with Gasteiger partial charge in [-0.1, -0.05) is 46.9 Å². The van der Waals surface area contributed by atoms with Crippen LogP contribution in [-0.4, -0.2) is 14.7 Å². The molecule has 6 heteroatoms. The minimum atomic E-state index is -3.44. The van der Waals surface area contributed by atoms with E-state index in [0.717, 1.165) is 11.8 Å². The van der Waals surface area contributed by atoms with E-state index in [-0.39, 0.29) is 9.92 Å². The van der Waals surface area contributed by atoms with E-state index in [1.165, 1.54) is 6.07 Å². The zero-order valence-electron chi connectivity index (χ0n) is 9.82. The molecule has 0 heterocycles. The number of rotatable bonds is 2. The molecule has 2 nitrogen and oxygen atoms in total. The highest BCUT2D eigenvalue weighted by molar-refractivity contribution is 7.90. The minimum absolute atomic E-state index is 0.0200. The van der Waals surface area contributed by atoms with Crippen molar-refractivity contribution in [2.45, 2.75) is 4.90 Å². The normalized spacial score (nSPS) is 11.6. The molecule has 0 bridgehead atoms. The summed E-state index contributed by atoms with van der Waals surface area (Å²) in [4.78, 5) is 0.0200. The summed E-state index contributed by atoms with van der Waals surface area (Å²) in [5.41, 5.74) is 1.31. The Labute approximate surface area is 126 Å². The first-order chi connectivity index (χ1) is 8.79. The average Bonchev–Trinajstić information content (AvgIpc) is 2.31. The van der Waals surface area contributed by atoms with Crippen molar-refractivity contribution >= 4 is 44.6 Å². The highest BCUT2D eigenvalue weighted by Gasteiger charge is 2.17. The van der Waals surface area contributed by atoms with Gasteiger partial charge in [-0.15, -0.1) is 0 Å². The number of benzene rings is 2. The summed E-state index contributed by atoms with van der Waals surface area (Å²) in [6.45, 7) is 0. The van der Waals surface area contributed by atoms with Crippen LogP contribution in [0.15, 0.2) is 41.3 Å². The summed E-state index contributed by atoms with van der Waals surface area (Å²) in [6.07, 6.45) is 1.09. The maximum absolute atomic E-state index is 11.7. The van der Waals surface area contributed by atoms with E-state index in [1.54, 1.807) is 30.3 Å². The average molecular weight is 336 g/mol. The van der Waals surface area contributed by atoms with Crippen LogP contribution < -0.4 is 0 Å². The molecule has 0 fully saturated rings. The van der Waals surface area contributed by atoms with Gasteiger partial charge in [0, 0.05) is 21.9 Å². The fraction of sp³-hybridized carbons (Fsp3) is 0.0769. The number of hydrogen-bond acceptors (Lipinski definition) is 2. The predicted molar refractivity (Wildman–Crippen MR) is 80.0 cm³/mol. The fourth-order valence-corrected chi connectivity index (χ4v) is 3.50. The standard InChI is InChI=1S/C13H9Cl3O2S/c1-19(17,18)12-7-10(15)6-11(13(12)16)8-2-4-9(14)5-3-8/h2-7H,1H3. The van der Waals surface area contributed by atoms with Gasteiger partial charge in [-0.25, -0.2) is 8.42 Å². The summed E-state index contributed by atoms with van der Waals surface area (Å²) in [5, 5.41) is 1.06. The highest BCUT2D eigenvalue weighted by atomic mass is 35.5. The molecule has 0 saturated heterocycles. The van der Waals surface area contributed by atoms with Crippen LogP contribution in [0.4, 0.5) is 0 Å². The van der Waals surface area contributed by atoms with Crippen LogP contribution in [0.3, 0.4) is 0 Å². The Balaban J connectivity index is 2.71. The van der Waals surface area contributed by atoms with E-state index < -0.39 is 9.84 Å². The van der Waals surface area contributed by atoms with Gasteiger partial charge in [0.1, 0.15) is 0 Å². The predicted octanol–water partition coefficient (Wildman–Crippen LogP) is 4.72. The molecular weight excluding hydrogens is 327 g/mol. The monoisotopic (exact) mass is 334 g/mol. The summed E-state index contributed by atoms with van der Waals surface area (Å²) in [5.74, 6) is 0. The van der Waals surface area contributed by atoms with E-state index in [4.69, 9.17) is 34.8 Å². The minimum Gasteiger partial charge on any atom is -0.224 e. The summed E-state index contributed by atoms with van der Waals surface area (Å²) < 4.78 is 23.4. The highest BCUT2D eigenvalue weighted by Crippen LogP contribution is 2.36. The van der Waals surface area contributed by atoms with Gasteiger partial charge in [-0.05, 0) is 29.8 Å². The molecule has 0 radical (unpaired) electrons. The van der Waals surface area contributed by atoms with Crippen molar-refractivity contribution in [1.82, 2.24) is 0 Å². The van der Waals surface area contributed by atoms with Crippen molar-refractivity contribution in [2.24, 2.45) is 0 Å². The summed E-state index contributed by atoms with van der Waals surface area (Å²) >= 11 is 17.9. The molecule has 0 unspecified atom stereocenters. The largest absolute Gasteiger partial charge is 0.224 e. The van der Waals surface area contributed by atoms with Crippen molar-refractivity contribution in [3.8, 4) is 11.1 Å². The lowest BCUT2D eigenvalue weighted by molar-refractivity contribution is 0.602. The second-order valence-corrected chi connectivity index (χ2v) is 7.28. The number of halogens is 3. The quantitative estimate of drug-likeness (QED) is 0.796. The third-order valence-electron chi connectivity index (χ3n) is 2.56. The zero-order chi connectivity index (χ0) is 14.2. The van der Waals surface area contributed by atoms with Crippen LogP contribution in [0.2, 0.25) is 15.1 Å². The third kappa shape index (κ3) is 3.23. The first-order valence-electron chi connectivity index (χ1n) is 5.24. The maximum atomic E-state index is 11.7. The van der Waals surface area contributed by atoms with Crippen LogP contribution in [-0.2, 0) is 9.84 Å². The summed E-state index contributed by atoms with van der Waals surface area (Å²) in [7, 11) is -3.44. The molecule has 0 atom stereocenters. The second-order valence-electron chi connectivity index (χ2n) is 4.04. The van der Waals surface area contributed by atoms with Crippen molar-refractivity contribution < 1.29 is 8.42 Å². The topological polar surface area (TPSA) is 34.1 Å². The molecule has 0 amide bonds. The van der Waals surface area contributed by atoms with E-state index in [9.17, 15) is 8.42 Å². The molecule has 0 aromatic heterocycles. The Hall–Kier alpha value is -0.740. The van der Waals surface area contributed by atoms with Crippen LogP contribution in [0.1, 0.15) is 0 Å². The Kier molecular flexibility index (Phi) is 4.11. The maximum Gasteiger partial charge on any atom is 0.177 e. The van der Waals surface area contributed by atoms with E-state index >= 15 is 0 Å². The molecule has 0 aliphatic carbocycles. The van der Waals surface area contributed by atoms with Crippen LogP contribution >= 0.6 is 34.8 Å². The van der Waals surface area contributed by atoms with Gasteiger partial charge in [0.05, 0.1) is 9.92 Å². The smallest absolute Gasteiger partial charge is 0.177 e. The lowest BCUT2D eigenvalue weighted by Gasteiger charge is -2.10. The number of hydrogen-bond donors (Lipinski definition) is 0. The van der Waals surface area contributed by atoms with Gasteiger partial charge in [0.15, 0.2) is 9.84 Å². The summed E-state index contributed by atoms with van der Waals surface area (Å²) in [6, 6.07) is 9.89. The van der Waals surface area contributed by atoms with E-state index in [2.05, 4.69) is 0 Å². The Morgan fingerprint density at radius 2 is 1.47 bits per heavy atom. The molecule has 2 rings (SSSR count). The molecule has 100 valence electrons.